The van der Waals surface area contributed by atoms with Crippen molar-refractivity contribution in [2.24, 2.45) is 40.9 Å². The summed E-state index contributed by atoms with van der Waals surface area (Å²) in [6.07, 6.45) is -13.9. The predicted octanol–water partition coefficient (Wildman–Crippen LogP) is 5.96. The van der Waals surface area contributed by atoms with Crippen molar-refractivity contribution >= 4 is 70.9 Å². The van der Waals surface area contributed by atoms with Crippen molar-refractivity contribution in [2.75, 3.05) is 89.2 Å². The summed E-state index contributed by atoms with van der Waals surface area (Å²) < 4.78 is 121. The number of ether oxygens (including phenoxy) is 1. The van der Waals surface area contributed by atoms with E-state index in [1.54, 1.807) is 32.9 Å². The van der Waals surface area contributed by atoms with Crippen LogP contribution in [0.5, 0.6) is 0 Å². The van der Waals surface area contributed by atoms with Crippen LogP contribution in [-0.2, 0) is 62.3 Å². The molecule has 3 N–H and O–H groups in total. The molecule has 12 amide bonds. The topological polar surface area (TPSA) is 279 Å². The van der Waals surface area contributed by atoms with E-state index in [9.17, 15) is 55.1 Å². The van der Waals surface area contributed by atoms with Crippen LogP contribution >= 0.6 is 0 Å². The Morgan fingerprint density at radius 3 is 1.83 bits per heavy atom. The van der Waals surface area contributed by atoms with Crippen LogP contribution in [0.2, 0.25) is 0 Å². The van der Waals surface area contributed by atoms with Gasteiger partial charge in [0.1, 0.15) is 72.1 Å². The fourth-order valence-electron chi connectivity index (χ4n) is 17.3. The first-order valence-electron chi connectivity index (χ1n) is 37.9. The molecule has 3 aliphatic heterocycles. The number of halogens is 8. The van der Waals surface area contributed by atoms with Crippen molar-refractivity contribution in [3.8, 4) is 0 Å². The first-order valence-corrected chi connectivity index (χ1v) is 37.9. The van der Waals surface area contributed by atoms with E-state index in [1.165, 1.54) is 78.0 Å². The number of nitrogens with one attached hydrogen (secondary N) is 3. The second-order valence-electron chi connectivity index (χ2n) is 32.3. The van der Waals surface area contributed by atoms with E-state index >= 15 is 37.5 Å². The van der Waals surface area contributed by atoms with Crippen LogP contribution in [0.15, 0.2) is 12.2 Å². The lowest BCUT2D eigenvalue weighted by Crippen LogP contribution is -2.71. The molecule has 2 saturated heterocycles. The minimum atomic E-state index is -5.22. The summed E-state index contributed by atoms with van der Waals surface area (Å²) in [5, 5.41) is 8.35. The Hall–Kier alpha value is -7.22. The smallest absolute Gasteiger partial charge is 0.377 e. The summed E-state index contributed by atoms with van der Waals surface area (Å²) in [7, 11) is 10.7. The molecule has 2 unspecified atom stereocenters. The zero-order chi connectivity index (χ0) is 79.9. The molecule has 0 aromatic heterocycles. The van der Waals surface area contributed by atoms with E-state index in [0.717, 1.165) is 29.4 Å². The molecular formula is C74H114F8N12O13. The maximum Gasteiger partial charge on any atom is 0.397 e. The number of hydrogen-bond donors (Lipinski definition) is 3. The number of hydrogen-bond acceptors (Lipinski definition) is 13. The quantitative estimate of drug-likeness (QED) is 0.159. The highest BCUT2D eigenvalue weighted by Crippen LogP contribution is 2.50. The molecule has 1 spiro atoms. The summed E-state index contributed by atoms with van der Waals surface area (Å²) in [6.45, 7) is 8.29. The van der Waals surface area contributed by atoms with E-state index < -0.39 is 235 Å². The average Bonchev–Trinajstić information content (AvgIpc) is 1.07. The molecule has 2 bridgehead atoms. The first-order chi connectivity index (χ1) is 49.9. The summed E-state index contributed by atoms with van der Waals surface area (Å²) in [6, 6.07) is -11.5. The minimum absolute atomic E-state index is 0.00655. The van der Waals surface area contributed by atoms with Gasteiger partial charge in [-0.2, -0.15) is 26.3 Å². The van der Waals surface area contributed by atoms with Gasteiger partial charge in [-0.1, -0.05) is 59.1 Å². The van der Waals surface area contributed by atoms with Gasteiger partial charge in [0, 0.05) is 82.5 Å². The van der Waals surface area contributed by atoms with Crippen molar-refractivity contribution < 1.29 is 97.4 Å². The molecule has 12 atom stereocenters. The lowest BCUT2D eigenvalue weighted by atomic mass is 9.58. The molecule has 7 rings (SSSR count). The molecule has 4 saturated carbocycles. The number of amides is 12. The van der Waals surface area contributed by atoms with Gasteiger partial charge in [-0.3, -0.25) is 57.5 Å². The Labute approximate surface area is 623 Å². The second kappa shape index (κ2) is 36.1. The Morgan fingerprint density at radius 2 is 1.27 bits per heavy atom. The van der Waals surface area contributed by atoms with E-state index in [2.05, 4.69) is 16.0 Å². The van der Waals surface area contributed by atoms with Crippen molar-refractivity contribution in [1.29, 1.82) is 0 Å². The highest BCUT2D eigenvalue weighted by atomic mass is 19.4. The molecule has 0 radical (unpaired) electrons. The number of rotatable bonds is 11. The zero-order valence-corrected chi connectivity index (χ0v) is 64.5. The summed E-state index contributed by atoms with van der Waals surface area (Å²) in [5.74, 6) is -17.0. The molecule has 33 heteroatoms. The van der Waals surface area contributed by atoms with Crippen molar-refractivity contribution in [2.45, 2.75) is 255 Å². The number of alkyl halides is 8. The number of carbonyl (C=O) groups is 12. The highest BCUT2D eigenvalue weighted by Gasteiger charge is 2.60. The number of carbonyl (C=O) groups excluding carboxylic acids is 12. The summed E-state index contributed by atoms with van der Waals surface area (Å²) in [4.78, 5) is 190. The van der Waals surface area contributed by atoms with Crippen molar-refractivity contribution in [3.05, 3.63) is 12.2 Å². The predicted molar refractivity (Wildman–Crippen MR) is 376 cm³/mol. The maximum absolute atomic E-state index is 15.7. The van der Waals surface area contributed by atoms with Gasteiger partial charge < -0.3 is 64.8 Å². The zero-order valence-electron chi connectivity index (χ0n) is 64.5. The van der Waals surface area contributed by atoms with E-state index in [-0.39, 0.29) is 90.3 Å². The van der Waals surface area contributed by atoms with Gasteiger partial charge in [-0.25, -0.2) is 8.78 Å². The number of nitrogens with zero attached hydrogens (tertiary/aromatic N) is 9. The van der Waals surface area contributed by atoms with Crippen LogP contribution < -0.4 is 16.0 Å². The molecule has 3 heterocycles. The molecule has 604 valence electrons. The van der Waals surface area contributed by atoms with Crippen LogP contribution in [0.4, 0.5) is 35.1 Å². The Balaban J connectivity index is 1.32. The SMILES string of the molecule is CCO[C@@H]1C[C@H]2C(=O)NC3(CC(C)(C)C3)C(=O)N(C)[C@@H](C3CCCC3)C(=O)N(C)[C@H](C(=O)N(C)C)CC(=O)N(C)[C@@H](C)C(=O)N[C@@H]([C@@H](C)CC)C(=O)N(C)CC(=O)N(C)[C@H]3C/C=C\CCN(C3=O)[C@@H](CC3CCC(C(F)(F)F)CC3)C(=O)N(C)CC(=O)N[C@@H](CCC3CC(F)C(C(F)(F)F)C(F)C3)C(=O)N2C1. The van der Waals surface area contributed by atoms with Crippen LogP contribution in [-0.4, -0.2) is 289 Å². The Kier molecular flexibility index (Phi) is 29.3. The van der Waals surface area contributed by atoms with Gasteiger partial charge in [0.15, 0.2) is 0 Å². The van der Waals surface area contributed by atoms with Gasteiger partial charge in [-0.05, 0) is 139 Å². The third-order valence-electron chi connectivity index (χ3n) is 23.8. The Morgan fingerprint density at radius 1 is 0.664 bits per heavy atom. The first kappa shape index (κ1) is 87.0. The second-order valence-corrected chi connectivity index (χ2v) is 32.3. The van der Waals surface area contributed by atoms with Gasteiger partial charge in [0.05, 0.1) is 31.5 Å². The standard InChI is InChI=1S/C74H114F8N12O13/c1-15-42(3)60-68(104)88(10)39-58(97)90(12)52-24-18-17-21-31-93(67(52)103)55(34-44-25-28-47(29-26-44)73(77,78)79)66(102)87(9)38-56(95)83-51(30-27-45-32-49(75)59(50(76)33-45)74(80,81)82)64(100)94-37-48(107-16-2)35-53(94)63(99)85-72(40-71(5,6)41-72)70(106)92(14)61(46-22-19-20-23-46)69(105)91(13)54(65(101)86(7)8)36-57(96)89(11)43(4)62(98)84-60/h17-18,42-55,59-61H,15-16,19-41H2,1-14H3,(H,83,95)(H,84,98)(H,85,99)/b18-17-/t42-,43-,44?,45?,47?,48+,49?,50?,51-,52-,53-,54-,55-,59?,60-,61-/m0/s1. The maximum atomic E-state index is 15.7. The van der Waals surface area contributed by atoms with Gasteiger partial charge in [0.25, 0.3) is 0 Å². The van der Waals surface area contributed by atoms with Gasteiger partial charge >= 0.3 is 12.4 Å². The van der Waals surface area contributed by atoms with Crippen LogP contribution in [0.3, 0.4) is 0 Å². The minimum Gasteiger partial charge on any atom is -0.377 e. The Bertz CT molecular complexity index is 3240. The lowest BCUT2D eigenvalue weighted by molar-refractivity contribution is -0.219. The molecule has 0 aromatic carbocycles. The van der Waals surface area contributed by atoms with Gasteiger partial charge in [0.2, 0.25) is 70.9 Å². The monoisotopic (exact) mass is 1530 g/mol. The van der Waals surface area contributed by atoms with Crippen molar-refractivity contribution in [1.82, 2.24) is 60.0 Å². The third kappa shape index (κ3) is 20.8. The van der Waals surface area contributed by atoms with Crippen LogP contribution in [0.1, 0.15) is 170 Å². The van der Waals surface area contributed by atoms with Gasteiger partial charge in [-0.15, -0.1) is 0 Å². The summed E-state index contributed by atoms with van der Waals surface area (Å²) in [5.41, 5.74) is -2.36. The lowest BCUT2D eigenvalue weighted by Gasteiger charge is -2.54. The molecule has 107 heavy (non-hydrogen) atoms. The molecular weight excluding hydrogens is 1420 g/mol. The number of likely N-dealkylation sites (N-methyl/N-ethyl adjacent to an activating group) is 7. The fourth-order valence-corrected chi connectivity index (χ4v) is 17.3. The molecule has 7 aliphatic rings. The van der Waals surface area contributed by atoms with E-state index in [4.69, 9.17) is 4.74 Å². The fraction of sp³-hybridized carbons (Fsp3) is 0.811. The highest BCUT2D eigenvalue weighted by molar-refractivity contribution is 6.01. The van der Waals surface area contributed by atoms with Crippen LogP contribution in [0, 0.1) is 40.9 Å². The normalized spacial score (nSPS) is 32.6. The molecule has 4 aliphatic carbocycles. The van der Waals surface area contributed by atoms with E-state index in [0.29, 0.717) is 32.1 Å². The van der Waals surface area contributed by atoms with E-state index in [1.807, 2.05) is 13.8 Å². The van der Waals surface area contributed by atoms with Crippen molar-refractivity contribution in [3.63, 3.8) is 0 Å². The average molecular weight is 1530 g/mol. The number of fused-ring (bicyclic) bond motifs is 3. The third-order valence-corrected chi connectivity index (χ3v) is 23.8. The molecule has 6 fully saturated rings. The summed E-state index contributed by atoms with van der Waals surface area (Å²) >= 11 is 0. The largest absolute Gasteiger partial charge is 0.397 e. The molecule has 0 aromatic rings. The van der Waals surface area contributed by atoms with Crippen LogP contribution in [0.25, 0.3) is 0 Å². The molecule has 25 nitrogen and oxygen atoms in total.